The Bertz CT molecular complexity index is 906. The van der Waals surface area contributed by atoms with E-state index in [2.05, 4.69) is 5.10 Å². The molecule has 23 heavy (non-hydrogen) atoms. The molecule has 1 aromatic carbocycles. The fraction of sp³-hybridized carbons (Fsp3) is 0.188. The molecule has 0 spiro atoms. The van der Waals surface area contributed by atoms with Crippen LogP contribution in [0.4, 0.5) is 4.39 Å². The van der Waals surface area contributed by atoms with Crippen molar-refractivity contribution in [3.05, 3.63) is 52.3 Å². The Hall–Kier alpha value is -2.72. The van der Waals surface area contributed by atoms with E-state index in [0.29, 0.717) is 11.4 Å². The third kappa shape index (κ3) is 3.07. The average Bonchev–Trinajstić information content (AvgIpc) is 3.09. The van der Waals surface area contributed by atoms with Gasteiger partial charge in [-0.3, -0.25) is 4.68 Å². The van der Waals surface area contributed by atoms with Crippen LogP contribution in [0.15, 0.2) is 30.3 Å². The lowest BCUT2D eigenvalue weighted by molar-refractivity contribution is 0.0561. The molecule has 2 heterocycles. The topological polar surface area (TPSA) is 67.9 Å². The molecular weight excluding hydrogens is 317 g/mol. The van der Waals surface area contributed by atoms with Crippen LogP contribution in [-0.2, 0) is 11.3 Å². The summed E-state index contributed by atoms with van der Waals surface area (Å²) in [7, 11) is 0. The molecule has 0 unspecified atom stereocenters. The van der Waals surface area contributed by atoms with Gasteiger partial charge >= 0.3 is 5.97 Å². The Labute approximate surface area is 135 Å². The van der Waals surface area contributed by atoms with E-state index >= 15 is 0 Å². The number of aromatic nitrogens is 2. The summed E-state index contributed by atoms with van der Waals surface area (Å²) in [5.74, 6) is -0.797. The number of thiophene rings is 1. The maximum absolute atomic E-state index is 13.0. The highest BCUT2D eigenvalue weighted by Crippen LogP contribution is 2.29. The Morgan fingerprint density at radius 1 is 1.43 bits per heavy atom. The number of hydrogen-bond acceptors (Lipinski definition) is 5. The Morgan fingerprint density at radius 2 is 2.17 bits per heavy atom. The van der Waals surface area contributed by atoms with Crippen molar-refractivity contribution in [2.24, 2.45) is 0 Å². The summed E-state index contributed by atoms with van der Waals surface area (Å²) in [6, 6.07) is 9.71. The molecular formula is C16H12FN3O2S. The predicted octanol–water partition coefficient (Wildman–Crippen LogP) is 3.27. The van der Waals surface area contributed by atoms with Crippen molar-refractivity contribution in [2.75, 3.05) is 6.61 Å². The molecule has 3 aromatic rings. The summed E-state index contributed by atoms with van der Waals surface area (Å²) >= 11 is 1.27. The van der Waals surface area contributed by atoms with E-state index in [1.165, 1.54) is 23.5 Å². The number of benzene rings is 1. The van der Waals surface area contributed by atoms with Gasteiger partial charge in [-0.15, -0.1) is 11.3 Å². The second kappa shape index (κ2) is 6.18. The van der Waals surface area contributed by atoms with E-state index in [4.69, 9.17) is 10.00 Å². The lowest BCUT2D eigenvalue weighted by Crippen LogP contribution is -2.03. The average molecular weight is 329 g/mol. The molecule has 0 bridgehead atoms. The van der Waals surface area contributed by atoms with Crippen molar-refractivity contribution >= 4 is 27.5 Å². The van der Waals surface area contributed by atoms with Gasteiger partial charge in [-0.05, 0) is 30.7 Å². The van der Waals surface area contributed by atoms with Crippen LogP contribution in [0.1, 0.15) is 20.9 Å². The molecule has 0 aliphatic rings. The zero-order valence-electron chi connectivity index (χ0n) is 12.2. The molecule has 3 rings (SSSR count). The zero-order valence-corrected chi connectivity index (χ0v) is 13.1. The van der Waals surface area contributed by atoms with Crippen LogP contribution in [0, 0.1) is 24.1 Å². The Morgan fingerprint density at radius 3 is 2.87 bits per heavy atom. The number of halogens is 1. The van der Waals surface area contributed by atoms with Gasteiger partial charge in [0.1, 0.15) is 21.6 Å². The maximum Gasteiger partial charge on any atom is 0.349 e. The molecule has 0 saturated heterocycles. The molecule has 7 heteroatoms. The quantitative estimate of drug-likeness (QED) is 0.689. The first-order valence-corrected chi connectivity index (χ1v) is 7.65. The van der Waals surface area contributed by atoms with Crippen molar-refractivity contribution in [3.8, 4) is 6.07 Å². The lowest BCUT2D eigenvalue weighted by atomic mass is 10.2. The standard InChI is InChI=1S/C16H12FN3O2S/c1-10-13-8-14(16(21)22-7-6-18)23-15(13)20(19-10)9-11-2-4-12(17)5-3-11/h2-5,8H,7,9H2,1H3. The number of carbonyl (C=O) groups is 1. The first kappa shape index (κ1) is 15.2. The van der Waals surface area contributed by atoms with E-state index in [1.54, 1.807) is 29.0 Å². The smallest absolute Gasteiger partial charge is 0.349 e. The summed E-state index contributed by atoms with van der Waals surface area (Å²) < 4.78 is 19.6. The fourth-order valence-electron chi connectivity index (χ4n) is 2.25. The largest absolute Gasteiger partial charge is 0.446 e. The van der Waals surface area contributed by atoms with Gasteiger partial charge in [-0.1, -0.05) is 12.1 Å². The molecule has 0 amide bonds. The highest BCUT2D eigenvalue weighted by Gasteiger charge is 2.17. The van der Waals surface area contributed by atoms with E-state index in [1.807, 2.05) is 6.92 Å². The van der Waals surface area contributed by atoms with Crippen molar-refractivity contribution in [1.82, 2.24) is 9.78 Å². The summed E-state index contributed by atoms with van der Waals surface area (Å²) in [5.41, 5.74) is 1.72. The van der Waals surface area contributed by atoms with Gasteiger partial charge in [0.15, 0.2) is 6.61 Å². The zero-order chi connectivity index (χ0) is 16.4. The molecule has 5 nitrogen and oxygen atoms in total. The Kier molecular flexibility index (Phi) is 4.08. The highest BCUT2D eigenvalue weighted by molar-refractivity contribution is 7.20. The summed E-state index contributed by atoms with van der Waals surface area (Å²) in [5, 5.41) is 13.8. The van der Waals surface area contributed by atoms with Gasteiger partial charge in [0, 0.05) is 5.39 Å². The third-order valence-electron chi connectivity index (χ3n) is 3.32. The number of nitrogens with zero attached hydrogens (tertiary/aromatic N) is 3. The van der Waals surface area contributed by atoms with Crippen molar-refractivity contribution in [3.63, 3.8) is 0 Å². The number of fused-ring (bicyclic) bond motifs is 1. The fourth-order valence-corrected chi connectivity index (χ4v) is 3.31. The van der Waals surface area contributed by atoms with Crippen LogP contribution in [0.3, 0.4) is 0 Å². The van der Waals surface area contributed by atoms with E-state index in [-0.39, 0.29) is 12.4 Å². The molecule has 0 aliphatic heterocycles. The van der Waals surface area contributed by atoms with Crippen LogP contribution in [0.2, 0.25) is 0 Å². The highest BCUT2D eigenvalue weighted by atomic mass is 32.1. The van der Waals surface area contributed by atoms with E-state index in [9.17, 15) is 9.18 Å². The Balaban J connectivity index is 1.92. The van der Waals surface area contributed by atoms with Gasteiger partial charge in [0.05, 0.1) is 12.2 Å². The number of ether oxygens (including phenoxy) is 1. The predicted molar refractivity (Wildman–Crippen MR) is 83.7 cm³/mol. The molecule has 0 aliphatic carbocycles. The third-order valence-corrected chi connectivity index (χ3v) is 4.45. The SMILES string of the molecule is Cc1nn(Cc2ccc(F)cc2)c2sc(C(=O)OCC#N)cc12. The van der Waals surface area contributed by atoms with Gasteiger partial charge in [0.2, 0.25) is 0 Å². The minimum absolute atomic E-state index is 0.270. The van der Waals surface area contributed by atoms with Crippen LogP contribution in [-0.4, -0.2) is 22.4 Å². The monoisotopic (exact) mass is 329 g/mol. The first-order chi connectivity index (χ1) is 11.1. The van der Waals surface area contributed by atoms with E-state index < -0.39 is 5.97 Å². The number of hydrogen-bond donors (Lipinski definition) is 0. The van der Waals surface area contributed by atoms with Crippen LogP contribution < -0.4 is 0 Å². The number of nitriles is 1. The molecule has 0 fully saturated rings. The van der Waals surface area contributed by atoms with Crippen LogP contribution >= 0.6 is 11.3 Å². The second-order valence-electron chi connectivity index (χ2n) is 4.93. The molecule has 2 aromatic heterocycles. The maximum atomic E-state index is 13.0. The lowest BCUT2D eigenvalue weighted by Gasteiger charge is -2.02. The normalized spacial score (nSPS) is 10.7. The van der Waals surface area contributed by atoms with Crippen LogP contribution in [0.25, 0.3) is 10.2 Å². The van der Waals surface area contributed by atoms with Gasteiger partial charge in [0.25, 0.3) is 0 Å². The molecule has 116 valence electrons. The number of carbonyl (C=O) groups excluding carboxylic acids is 1. The second-order valence-corrected chi connectivity index (χ2v) is 5.96. The van der Waals surface area contributed by atoms with Gasteiger partial charge in [-0.2, -0.15) is 10.4 Å². The minimum atomic E-state index is -0.513. The first-order valence-electron chi connectivity index (χ1n) is 6.84. The number of esters is 1. The summed E-state index contributed by atoms with van der Waals surface area (Å²) in [4.78, 5) is 13.1. The van der Waals surface area contributed by atoms with Crippen molar-refractivity contribution in [2.45, 2.75) is 13.5 Å². The summed E-state index contributed by atoms with van der Waals surface area (Å²) in [6.45, 7) is 2.08. The summed E-state index contributed by atoms with van der Waals surface area (Å²) in [6.07, 6.45) is 0. The van der Waals surface area contributed by atoms with Crippen molar-refractivity contribution < 1.29 is 13.9 Å². The van der Waals surface area contributed by atoms with Gasteiger partial charge in [-0.25, -0.2) is 9.18 Å². The molecule has 0 radical (unpaired) electrons. The number of aryl methyl sites for hydroxylation is 1. The van der Waals surface area contributed by atoms with E-state index in [0.717, 1.165) is 21.5 Å². The van der Waals surface area contributed by atoms with Crippen molar-refractivity contribution in [1.29, 1.82) is 5.26 Å². The molecule has 0 N–H and O–H groups in total. The van der Waals surface area contributed by atoms with Crippen LogP contribution in [0.5, 0.6) is 0 Å². The molecule has 0 saturated carbocycles. The number of rotatable bonds is 4. The molecule has 0 atom stereocenters. The van der Waals surface area contributed by atoms with Gasteiger partial charge < -0.3 is 4.74 Å². The minimum Gasteiger partial charge on any atom is -0.446 e.